The summed E-state index contributed by atoms with van der Waals surface area (Å²) in [4.78, 5) is 10.9. The number of benzene rings is 2. The van der Waals surface area contributed by atoms with Crippen molar-refractivity contribution in [3.63, 3.8) is 0 Å². The van der Waals surface area contributed by atoms with E-state index in [-0.39, 0.29) is 15.8 Å². The van der Waals surface area contributed by atoms with Crippen LogP contribution >= 0.6 is 15.8 Å². The molecule has 10 aliphatic rings. The van der Waals surface area contributed by atoms with Crippen LogP contribution < -0.4 is 10.6 Å². The molecular weight excluding hydrogens is 526 g/mol. The molecule has 0 amide bonds. The van der Waals surface area contributed by atoms with Gasteiger partial charge in [-0.15, -0.1) is 0 Å². The Kier molecular flexibility index (Phi) is 1.63. The molecular formula is C34H44FeP2. The van der Waals surface area contributed by atoms with Gasteiger partial charge in [0, 0.05) is 0 Å². The van der Waals surface area contributed by atoms with Gasteiger partial charge in [0.2, 0.25) is 0 Å². The zero-order chi connectivity index (χ0) is 25.6. The average Bonchev–Trinajstić information content (AvgIpc) is 3.74. The van der Waals surface area contributed by atoms with Gasteiger partial charge in [0.25, 0.3) is 0 Å². The molecule has 0 bridgehead atoms. The van der Waals surface area contributed by atoms with Crippen molar-refractivity contribution in [1.82, 2.24) is 0 Å². The van der Waals surface area contributed by atoms with Gasteiger partial charge in [0.15, 0.2) is 0 Å². The zero-order valence-electron chi connectivity index (χ0n) is 24.1. The van der Waals surface area contributed by atoms with Crippen molar-refractivity contribution in [2.24, 2.45) is 0 Å². The van der Waals surface area contributed by atoms with Gasteiger partial charge in [-0.25, -0.2) is 0 Å². The molecule has 0 aromatic heterocycles. The van der Waals surface area contributed by atoms with Crippen molar-refractivity contribution in [3.8, 4) is 0 Å². The summed E-state index contributed by atoms with van der Waals surface area (Å²) in [7, 11) is -0.352. The third-order valence-electron chi connectivity index (χ3n) is 20.3. The Balaban J connectivity index is 1.18. The fourth-order valence-corrected chi connectivity index (χ4v) is 124. The van der Waals surface area contributed by atoms with E-state index in [1.807, 2.05) is 0 Å². The molecule has 0 saturated carbocycles. The van der Waals surface area contributed by atoms with Crippen molar-refractivity contribution in [3.05, 3.63) is 59.7 Å². The van der Waals surface area contributed by atoms with Crippen molar-refractivity contribution in [2.75, 3.05) is 0 Å². The van der Waals surface area contributed by atoms with Gasteiger partial charge in [-0.1, -0.05) is 0 Å². The Labute approximate surface area is 217 Å². The van der Waals surface area contributed by atoms with E-state index in [9.17, 15) is 0 Å². The SMILES string of the molecule is Cc1ccccc1P(c1ccccc1C)C(C)[C]12[CH]3[CH]4[CH]5[C]1(P(C(C)(C)C)C(C)(C)C)[Fe]43521678[CH]2[CH]1[CH]6[CH]7[CH]28. The summed E-state index contributed by atoms with van der Waals surface area (Å²) >= 11 is 0. The molecule has 6 unspecified atom stereocenters. The fourth-order valence-electron chi connectivity index (χ4n) is 22.8. The number of rotatable bonds is 5. The molecule has 0 radical (unpaired) electrons. The van der Waals surface area contributed by atoms with E-state index < -0.39 is 6.51 Å². The molecule has 1 spiro atoms. The second kappa shape index (κ2) is 2.93. The molecule has 10 heterocycles. The first-order valence-electron chi connectivity index (χ1n) is 15.0. The van der Waals surface area contributed by atoms with Gasteiger partial charge in [0.05, 0.1) is 0 Å². The van der Waals surface area contributed by atoms with Gasteiger partial charge >= 0.3 is 218 Å². The van der Waals surface area contributed by atoms with E-state index in [0.717, 1.165) is 14.0 Å². The molecule has 6 atom stereocenters. The molecule has 10 saturated heterocycles. The third-order valence-corrected chi connectivity index (χ3v) is 75.0. The summed E-state index contributed by atoms with van der Waals surface area (Å²) in [6, 6.07) is 19.2. The molecule has 198 valence electrons. The van der Waals surface area contributed by atoms with Gasteiger partial charge in [-0.05, 0) is 0 Å². The number of fused-ring (bicyclic) bond motifs is 10. The molecule has 12 rings (SSSR count). The first-order chi connectivity index (χ1) is 17.1. The molecule has 2 aromatic carbocycles. The third kappa shape index (κ3) is 0.505. The standard InChI is InChI=1S/C29H39P2.C5H5.Fe/c1-21-15-10-12-18-25(21)30(26-19-13-11-16-22(26)2)23(3)24-17-14-20-27(24)31(28(4,5)6)29(7,8)9;1-2-4-5-3-1;/h10-20,23H,1-9H3;1-5H;. The van der Waals surface area contributed by atoms with Crippen molar-refractivity contribution < 1.29 is 6.51 Å². The molecule has 0 nitrogen and oxygen atoms in total. The quantitative estimate of drug-likeness (QED) is 0.248. The second-order valence-electron chi connectivity index (χ2n) is 19.1. The molecule has 3 heteroatoms. The summed E-state index contributed by atoms with van der Waals surface area (Å²) in [5.41, 5.74) is 4.00. The Hall–Kier alpha value is -0.181. The molecule has 0 N–H and O–H groups in total. The van der Waals surface area contributed by atoms with E-state index in [0.29, 0.717) is 10.3 Å². The number of hydrogen-bond donors (Lipinski definition) is 0. The fraction of sp³-hybridized carbons (Fsp3) is 0.647. The van der Waals surface area contributed by atoms with Crippen LogP contribution in [-0.4, -0.2) is 20.0 Å². The van der Waals surface area contributed by atoms with Crippen LogP contribution in [0.15, 0.2) is 48.5 Å². The van der Waals surface area contributed by atoms with Crippen LogP contribution in [0.25, 0.3) is 0 Å². The van der Waals surface area contributed by atoms with E-state index in [1.54, 1.807) is 21.7 Å². The van der Waals surface area contributed by atoms with Crippen LogP contribution in [0.4, 0.5) is 0 Å². The predicted octanol–water partition coefficient (Wildman–Crippen LogP) is 9.87. The van der Waals surface area contributed by atoms with Crippen molar-refractivity contribution in [2.45, 2.75) is 125 Å². The van der Waals surface area contributed by atoms with Crippen LogP contribution in [0.2, 0.25) is 42.8 Å². The predicted molar refractivity (Wildman–Crippen MR) is 160 cm³/mol. The Morgan fingerprint density at radius 1 is 0.676 bits per heavy atom. The first kappa shape index (κ1) is 20.7. The van der Waals surface area contributed by atoms with Gasteiger partial charge in [-0.2, -0.15) is 0 Å². The summed E-state index contributed by atoms with van der Waals surface area (Å²) < 4.78 is 1.76. The topological polar surface area (TPSA) is 0 Å². The van der Waals surface area contributed by atoms with Crippen LogP contribution in [0, 0.1) is 13.8 Å². The Bertz CT molecular complexity index is 1830. The van der Waals surface area contributed by atoms with Crippen LogP contribution in [-0.2, 0) is 6.51 Å². The Morgan fingerprint density at radius 3 is 1.46 bits per heavy atom. The normalized spacial score (nSPS) is 65.3. The van der Waals surface area contributed by atoms with Crippen LogP contribution in [0.5, 0.6) is 0 Å². The van der Waals surface area contributed by atoms with E-state index in [2.05, 4.69) is 111 Å². The molecule has 10 fully saturated rings. The van der Waals surface area contributed by atoms with E-state index in [4.69, 9.17) is 0 Å². The van der Waals surface area contributed by atoms with Gasteiger partial charge in [-0.3, -0.25) is 0 Å². The van der Waals surface area contributed by atoms with E-state index in [1.165, 1.54) is 38.5 Å². The van der Waals surface area contributed by atoms with Crippen LogP contribution in [0.3, 0.4) is 0 Å². The minimum atomic E-state index is -3.66. The average molecular weight is 571 g/mol. The number of hydrogen-bond acceptors (Lipinski definition) is 0. The summed E-state index contributed by atoms with van der Waals surface area (Å²) in [6.07, 6.45) is 0. The molecule has 10 aliphatic heterocycles. The monoisotopic (exact) mass is 570 g/mol. The second-order valence-corrected chi connectivity index (χ2v) is 49.3. The number of aryl methyl sites for hydroxylation is 2. The van der Waals surface area contributed by atoms with Crippen molar-refractivity contribution >= 4 is 26.5 Å². The zero-order valence-corrected chi connectivity index (χ0v) is 27.0. The summed E-state index contributed by atoms with van der Waals surface area (Å²) in [5, 5.41) is 4.40. The van der Waals surface area contributed by atoms with Crippen LogP contribution in [0.1, 0.15) is 59.6 Å². The van der Waals surface area contributed by atoms with Gasteiger partial charge < -0.3 is 0 Å². The maximum absolute atomic E-state index is 3.66. The van der Waals surface area contributed by atoms with E-state index >= 15 is 0 Å². The summed E-state index contributed by atoms with van der Waals surface area (Å²) in [6.45, 7) is 20.2. The minimum absolute atomic E-state index is 0.00874. The maximum atomic E-state index is 2.88. The molecule has 2 aromatic rings. The first-order valence-corrected chi connectivity index (χ1v) is 24.0. The Morgan fingerprint density at radius 2 is 1.11 bits per heavy atom. The molecule has 37 heavy (non-hydrogen) atoms. The molecule has 0 aliphatic carbocycles. The summed E-state index contributed by atoms with van der Waals surface area (Å²) in [5.74, 6) is 0. The van der Waals surface area contributed by atoms with Gasteiger partial charge in [0.1, 0.15) is 0 Å². The van der Waals surface area contributed by atoms with Crippen molar-refractivity contribution in [1.29, 1.82) is 0 Å².